The lowest BCUT2D eigenvalue weighted by Crippen LogP contribution is -2.22. The molecule has 0 fully saturated rings. The molecule has 0 aliphatic heterocycles. The normalized spacial score (nSPS) is 11.5. The van der Waals surface area contributed by atoms with Crippen molar-refractivity contribution in [2.75, 3.05) is 13.7 Å². The highest BCUT2D eigenvalue weighted by Crippen LogP contribution is 2.12. The number of hydrogen-bond donors (Lipinski definition) is 1. The summed E-state index contributed by atoms with van der Waals surface area (Å²) in [6, 6.07) is 7.50. The number of ether oxygens (including phenoxy) is 1. The SMILES string of the molecule is C/C=C(\C)C(=O)CCCCCNC(=O)/C=C/c1ccc(OC)cc1. The van der Waals surface area contributed by atoms with Crippen molar-refractivity contribution in [2.24, 2.45) is 0 Å². The molecule has 0 aliphatic rings. The first kappa shape index (κ1) is 19.7. The fourth-order valence-electron chi connectivity index (χ4n) is 2.10. The van der Waals surface area contributed by atoms with Crippen LogP contribution in [0.15, 0.2) is 42.0 Å². The number of carbonyl (C=O) groups is 2. The maximum Gasteiger partial charge on any atom is 0.243 e. The van der Waals surface area contributed by atoms with E-state index in [4.69, 9.17) is 4.74 Å². The molecule has 1 amide bonds. The molecule has 0 bridgehead atoms. The highest BCUT2D eigenvalue weighted by atomic mass is 16.5. The van der Waals surface area contributed by atoms with Gasteiger partial charge in [-0.2, -0.15) is 0 Å². The smallest absolute Gasteiger partial charge is 0.243 e. The van der Waals surface area contributed by atoms with E-state index in [2.05, 4.69) is 5.32 Å². The Morgan fingerprint density at radius 3 is 2.46 bits per heavy atom. The minimum Gasteiger partial charge on any atom is -0.497 e. The summed E-state index contributed by atoms with van der Waals surface area (Å²) in [4.78, 5) is 23.3. The number of nitrogens with one attached hydrogen (secondary N) is 1. The molecule has 1 aromatic rings. The summed E-state index contributed by atoms with van der Waals surface area (Å²) < 4.78 is 5.09. The number of rotatable bonds is 10. The Hall–Kier alpha value is -2.36. The van der Waals surface area contributed by atoms with Gasteiger partial charge in [0.2, 0.25) is 5.91 Å². The Morgan fingerprint density at radius 1 is 1.12 bits per heavy atom. The molecule has 1 aromatic carbocycles. The molecule has 1 N–H and O–H groups in total. The number of methoxy groups -OCH3 is 1. The summed E-state index contributed by atoms with van der Waals surface area (Å²) in [6.45, 7) is 4.35. The minimum absolute atomic E-state index is 0.105. The molecular formula is C20H27NO3. The van der Waals surface area contributed by atoms with Gasteiger partial charge < -0.3 is 10.1 Å². The van der Waals surface area contributed by atoms with Gasteiger partial charge in [-0.25, -0.2) is 0 Å². The zero-order valence-electron chi connectivity index (χ0n) is 14.8. The first-order valence-electron chi connectivity index (χ1n) is 8.33. The Balaban J connectivity index is 2.17. The van der Waals surface area contributed by atoms with Crippen LogP contribution in [0.25, 0.3) is 6.08 Å². The van der Waals surface area contributed by atoms with Gasteiger partial charge in [-0.05, 0) is 56.0 Å². The topological polar surface area (TPSA) is 55.4 Å². The second-order valence-corrected chi connectivity index (χ2v) is 5.60. The van der Waals surface area contributed by atoms with Crippen LogP contribution in [0.3, 0.4) is 0 Å². The van der Waals surface area contributed by atoms with Crippen LogP contribution in [0, 0.1) is 0 Å². The summed E-state index contributed by atoms with van der Waals surface area (Å²) >= 11 is 0. The maximum atomic E-state index is 11.7. The number of hydrogen-bond acceptors (Lipinski definition) is 3. The second-order valence-electron chi connectivity index (χ2n) is 5.60. The summed E-state index contributed by atoms with van der Waals surface area (Å²) in [6.07, 6.45) is 8.41. The van der Waals surface area contributed by atoms with Gasteiger partial charge in [0.15, 0.2) is 5.78 Å². The number of allylic oxidation sites excluding steroid dienone is 2. The Bertz CT molecular complexity index is 585. The molecule has 0 saturated carbocycles. The third-order valence-electron chi connectivity index (χ3n) is 3.80. The zero-order chi connectivity index (χ0) is 17.8. The van der Waals surface area contributed by atoms with Crippen molar-refractivity contribution in [2.45, 2.75) is 39.5 Å². The molecule has 4 nitrogen and oxygen atoms in total. The van der Waals surface area contributed by atoms with Gasteiger partial charge in [0.25, 0.3) is 0 Å². The fourth-order valence-corrected chi connectivity index (χ4v) is 2.10. The fraction of sp³-hybridized carbons (Fsp3) is 0.400. The Labute approximate surface area is 144 Å². The monoisotopic (exact) mass is 329 g/mol. The van der Waals surface area contributed by atoms with Gasteiger partial charge in [-0.1, -0.05) is 24.6 Å². The number of amides is 1. The van der Waals surface area contributed by atoms with Crippen molar-refractivity contribution in [3.05, 3.63) is 47.6 Å². The summed E-state index contributed by atoms with van der Waals surface area (Å²) in [5, 5.41) is 2.85. The average molecular weight is 329 g/mol. The number of Topliss-reactive ketones (excluding diaryl/α,β-unsaturated/α-hetero) is 1. The van der Waals surface area contributed by atoms with Crippen LogP contribution in [0.2, 0.25) is 0 Å². The lowest BCUT2D eigenvalue weighted by Gasteiger charge is -2.03. The largest absolute Gasteiger partial charge is 0.497 e. The Kier molecular flexibility index (Phi) is 9.20. The molecule has 0 atom stereocenters. The number of unbranched alkanes of at least 4 members (excludes halogenated alkanes) is 2. The van der Waals surface area contributed by atoms with Gasteiger partial charge in [0.1, 0.15) is 5.75 Å². The number of benzene rings is 1. The van der Waals surface area contributed by atoms with E-state index < -0.39 is 0 Å². The highest BCUT2D eigenvalue weighted by molar-refractivity contribution is 5.94. The van der Waals surface area contributed by atoms with E-state index in [1.165, 1.54) is 6.08 Å². The maximum absolute atomic E-state index is 11.7. The third-order valence-corrected chi connectivity index (χ3v) is 3.80. The molecule has 130 valence electrons. The van der Waals surface area contributed by atoms with E-state index in [1.807, 2.05) is 44.2 Å². The lowest BCUT2D eigenvalue weighted by atomic mass is 10.1. The number of carbonyl (C=O) groups excluding carboxylic acids is 2. The molecule has 0 saturated heterocycles. The van der Waals surface area contributed by atoms with E-state index in [1.54, 1.807) is 13.2 Å². The molecule has 0 unspecified atom stereocenters. The van der Waals surface area contributed by atoms with Crippen molar-refractivity contribution < 1.29 is 14.3 Å². The molecule has 0 heterocycles. The standard InChI is InChI=1S/C20H27NO3/c1-4-16(2)19(22)8-6-5-7-15-21-20(23)14-11-17-9-12-18(24-3)13-10-17/h4,9-14H,5-8,15H2,1-3H3,(H,21,23)/b14-11+,16-4+. The van der Waals surface area contributed by atoms with Crippen LogP contribution in [-0.4, -0.2) is 25.3 Å². The van der Waals surface area contributed by atoms with Crippen LogP contribution in [0.1, 0.15) is 45.1 Å². The average Bonchev–Trinajstić information content (AvgIpc) is 2.62. The Morgan fingerprint density at radius 2 is 1.83 bits per heavy atom. The highest BCUT2D eigenvalue weighted by Gasteiger charge is 2.03. The van der Waals surface area contributed by atoms with Gasteiger partial charge in [-0.3, -0.25) is 9.59 Å². The van der Waals surface area contributed by atoms with Crippen molar-refractivity contribution in [3.63, 3.8) is 0 Å². The molecule has 0 spiro atoms. The molecule has 0 radical (unpaired) electrons. The van der Waals surface area contributed by atoms with E-state index in [0.29, 0.717) is 13.0 Å². The van der Waals surface area contributed by atoms with Crippen LogP contribution in [0.5, 0.6) is 5.75 Å². The zero-order valence-corrected chi connectivity index (χ0v) is 14.8. The van der Waals surface area contributed by atoms with E-state index >= 15 is 0 Å². The summed E-state index contributed by atoms with van der Waals surface area (Å²) in [5.41, 5.74) is 1.77. The summed E-state index contributed by atoms with van der Waals surface area (Å²) in [5.74, 6) is 0.898. The van der Waals surface area contributed by atoms with Crippen LogP contribution in [-0.2, 0) is 9.59 Å². The predicted molar refractivity (Wildman–Crippen MR) is 97.9 cm³/mol. The van der Waals surface area contributed by atoms with Crippen molar-refractivity contribution in [1.82, 2.24) is 5.32 Å². The molecule has 0 aliphatic carbocycles. The minimum atomic E-state index is -0.105. The van der Waals surface area contributed by atoms with Crippen molar-refractivity contribution in [1.29, 1.82) is 0 Å². The molecular weight excluding hydrogens is 302 g/mol. The van der Waals surface area contributed by atoms with Crippen LogP contribution >= 0.6 is 0 Å². The predicted octanol–water partition coefficient (Wildman–Crippen LogP) is 3.92. The van der Waals surface area contributed by atoms with Crippen molar-refractivity contribution in [3.8, 4) is 5.75 Å². The molecule has 1 rings (SSSR count). The van der Waals surface area contributed by atoms with Crippen LogP contribution < -0.4 is 10.1 Å². The first-order valence-corrected chi connectivity index (χ1v) is 8.33. The van der Waals surface area contributed by atoms with E-state index in [0.717, 1.165) is 36.1 Å². The van der Waals surface area contributed by atoms with E-state index in [9.17, 15) is 9.59 Å². The van der Waals surface area contributed by atoms with Crippen LogP contribution in [0.4, 0.5) is 0 Å². The van der Waals surface area contributed by atoms with Gasteiger partial charge >= 0.3 is 0 Å². The molecule has 24 heavy (non-hydrogen) atoms. The van der Waals surface area contributed by atoms with E-state index in [-0.39, 0.29) is 11.7 Å². The molecule has 0 aromatic heterocycles. The van der Waals surface area contributed by atoms with Gasteiger partial charge in [-0.15, -0.1) is 0 Å². The van der Waals surface area contributed by atoms with Crippen molar-refractivity contribution >= 4 is 17.8 Å². The first-order chi connectivity index (χ1) is 11.6. The van der Waals surface area contributed by atoms with Gasteiger partial charge in [0.05, 0.1) is 7.11 Å². The number of ketones is 1. The third kappa shape index (κ3) is 7.77. The quantitative estimate of drug-likeness (QED) is 0.523. The second kappa shape index (κ2) is 11.2. The molecule has 4 heteroatoms. The summed E-state index contributed by atoms with van der Waals surface area (Å²) in [7, 11) is 1.62. The lowest BCUT2D eigenvalue weighted by molar-refractivity contribution is -0.117. The van der Waals surface area contributed by atoms with Gasteiger partial charge in [0, 0.05) is 19.0 Å².